The number of amides is 3. The first-order valence-corrected chi connectivity index (χ1v) is 12.0. The zero-order valence-electron chi connectivity index (χ0n) is 20.6. The molecule has 36 heavy (non-hydrogen) atoms. The quantitative estimate of drug-likeness (QED) is 0.411. The Bertz CT molecular complexity index is 1400. The third-order valence-corrected chi connectivity index (χ3v) is 6.94. The maximum atomic E-state index is 13.3. The van der Waals surface area contributed by atoms with Crippen LogP contribution >= 0.6 is 0 Å². The second kappa shape index (κ2) is 9.07. The normalized spacial score (nSPS) is 15.4. The van der Waals surface area contributed by atoms with Gasteiger partial charge in [-0.3, -0.25) is 19.2 Å². The summed E-state index contributed by atoms with van der Waals surface area (Å²) in [4.78, 5) is 56.2. The topological polar surface area (TPSA) is 78.0 Å². The molecule has 0 atom stereocenters. The first kappa shape index (κ1) is 23.5. The number of hydrogen-bond donors (Lipinski definition) is 0. The summed E-state index contributed by atoms with van der Waals surface area (Å²) >= 11 is 0. The first-order valence-electron chi connectivity index (χ1n) is 12.0. The van der Waals surface area contributed by atoms with Gasteiger partial charge >= 0.3 is 0 Å². The van der Waals surface area contributed by atoms with Gasteiger partial charge in [-0.1, -0.05) is 12.1 Å². The number of rotatable bonds is 4. The van der Waals surface area contributed by atoms with Crippen molar-refractivity contribution in [3.05, 3.63) is 94.0 Å². The third-order valence-electron chi connectivity index (χ3n) is 6.94. The highest BCUT2D eigenvalue weighted by Gasteiger charge is 2.38. The standard InChI is InChI=1S/C29H27N3O4/c1-18-4-5-19(2)26(16-18)32-28(35)24-11-8-22(17-25(24)29(32)36)27(34)31-14-12-30(13-15-31)23-9-6-21(7-10-23)20(3)33/h4-11,16-17H,12-15H2,1-3H3. The summed E-state index contributed by atoms with van der Waals surface area (Å²) in [6, 6.07) is 17.9. The SMILES string of the molecule is CC(=O)c1ccc(N2CCN(C(=O)c3ccc4c(c3)C(=O)N(c3cc(C)ccc3C)C4=O)CC2)cc1. The van der Waals surface area contributed by atoms with Crippen LogP contribution in [0.1, 0.15) is 59.5 Å². The number of aryl methyl sites for hydroxylation is 2. The molecule has 2 heterocycles. The number of anilines is 2. The Balaban J connectivity index is 1.31. The van der Waals surface area contributed by atoms with E-state index in [1.165, 1.54) is 4.90 Å². The lowest BCUT2D eigenvalue weighted by Crippen LogP contribution is -2.48. The molecule has 0 radical (unpaired) electrons. The first-order chi connectivity index (χ1) is 17.2. The molecule has 3 amide bonds. The highest BCUT2D eigenvalue weighted by Crippen LogP contribution is 2.32. The van der Waals surface area contributed by atoms with E-state index in [0.717, 1.165) is 16.8 Å². The molecule has 5 rings (SSSR count). The minimum atomic E-state index is -0.405. The number of ketones is 1. The molecule has 0 aliphatic carbocycles. The number of imide groups is 1. The van der Waals surface area contributed by atoms with Crippen molar-refractivity contribution in [3.8, 4) is 0 Å². The van der Waals surface area contributed by atoms with Crippen LogP contribution in [0.5, 0.6) is 0 Å². The molecular weight excluding hydrogens is 454 g/mol. The molecule has 3 aromatic rings. The summed E-state index contributed by atoms with van der Waals surface area (Å²) in [5.41, 5.74) is 5.02. The fraction of sp³-hybridized carbons (Fsp3) is 0.241. The van der Waals surface area contributed by atoms with Crippen molar-refractivity contribution in [1.29, 1.82) is 0 Å². The molecular formula is C29H27N3O4. The third kappa shape index (κ3) is 4.06. The summed E-state index contributed by atoms with van der Waals surface area (Å²) < 4.78 is 0. The highest BCUT2D eigenvalue weighted by atomic mass is 16.2. The molecule has 7 nitrogen and oxygen atoms in total. The van der Waals surface area contributed by atoms with Crippen LogP contribution in [0.3, 0.4) is 0 Å². The Morgan fingerprint density at radius 3 is 2.03 bits per heavy atom. The van der Waals surface area contributed by atoms with Gasteiger partial charge in [0.05, 0.1) is 16.8 Å². The van der Waals surface area contributed by atoms with Crippen LogP contribution in [0.25, 0.3) is 0 Å². The summed E-state index contributed by atoms with van der Waals surface area (Å²) in [5, 5.41) is 0. The van der Waals surface area contributed by atoms with Crippen LogP contribution < -0.4 is 9.80 Å². The van der Waals surface area contributed by atoms with Crippen LogP contribution in [0.15, 0.2) is 60.7 Å². The summed E-state index contributed by atoms with van der Waals surface area (Å²) in [5.74, 6) is -0.900. The lowest BCUT2D eigenvalue weighted by atomic mass is 10.0. The van der Waals surface area contributed by atoms with Crippen LogP contribution in [-0.4, -0.2) is 54.6 Å². The van der Waals surface area contributed by atoms with Gasteiger partial charge in [-0.05, 0) is 80.4 Å². The Morgan fingerprint density at radius 2 is 1.36 bits per heavy atom. The molecule has 0 aromatic heterocycles. The lowest BCUT2D eigenvalue weighted by molar-refractivity contribution is 0.0746. The van der Waals surface area contributed by atoms with E-state index in [0.29, 0.717) is 48.6 Å². The molecule has 0 bridgehead atoms. The molecule has 0 saturated carbocycles. The van der Waals surface area contributed by atoms with Gasteiger partial charge in [-0.15, -0.1) is 0 Å². The fourth-order valence-corrected chi connectivity index (χ4v) is 4.81. The number of carbonyl (C=O) groups excluding carboxylic acids is 4. The molecule has 0 spiro atoms. The van der Waals surface area contributed by atoms with Gasteiger partial charge < -0.3 is 9.80 Å². The van der Waals surface area contributed by atoms with Crippen LogP contribution in [0.4, 0.5) is 11.4 Å². The lowest BCUT2D eigenvalue weighted by Gasteiger charge is -2.36. The molecule has 2 aliphatic rings. The van der Waals surface area contributed by atoms with Gasteiger partial charge in [0.25, 0.3) is 17.7 Å². The summed E-state index contributed by atoms with van der Waals surface area (Å²) in [6.45, 7) is 7.71. The number of benzene rings is 3. The largest absolute Gasteiger partial charge is 0.368 e. The van der Waals surface area contributed by atoms with Gasteiger partial charge in [0.2, 0.25) is 0 Å². The van der Waals surface area contributed by atoms with Gasteiger partial charge in [-0.25, -0.2) is 4.90 Å². The predicted octanol–water partition coefficient (Wildman–Crippen LogP) is 4.27. The smallest absolute Gasteiger partial charge is 0.266 e. The van der Waals surface area contributed by atoms with Gasteiger partial charge in [-0.2, -0.15) is 0 Å². The molecule has 182 valence electrons. The Morgan fingerprint density at radius 1 is 0.722 bits per heavy atom. The van der Waals surface area contributed by atoms with E-state index in [4.69, 9.17) is 0 Å². The monoisotopic (exact) mass is 481 g/mol. The minimum Gasteiger partial charge on any atom is -0.368 e. The number of piperazine rings is 1. The molecule has 0 unspecified atom stereocenters. The number of fused-ring (bicyclic) bond motifs is 1. The van der Waals surface area contributed by atoms with E-state index >= 15 is 0 Å². The molecule has 0 N–H and O–H groups in total. The van der Waals surface area contributed by atoms with Crippen molar-refractivity contribution < 1.29 is 19.2 Å². The number of nitrogens with zero attached hydrogens (tertiary/aromatic N) is 3. The Kier molecular flexibility index (Phi) is 5.92. The van der Waals surface area contributed by atoms with Gasteiger partial charge in [0.15, 0.2) is 5.78 Å². The maximum Gasteiger partial charge on any atom is 0.266 e. The highest BCUT2D eigenvalue weighted by molar-refractivity contribution is 6.35. The molecule has 3 aromatic carbocycles. The summed E-state index contributed by atoms with van der Waals surface area (Å²) in [6.07, 6.45) is 0. The Hall–Kier alpha value is -4.26. The molecule has 1 fully saturated rings. The zero-order valence-corrected chi connectivity index (χ0v) is 20.6. The van der Waals surface area contributed by atoms with Crippen molar-refractivity contribution >= 4 is 34.9 Å². The van der Waals surface area contributed by atoms with Crippen molar-refractivity contribution in [2.75, 3.05) is 36.0 Å². The second-order valence-electron chi connectivity index (χ2n) is 9.38. The van der Waals surface area contributed by atoms with Crippen LogP contribution in [-0.2, 0) is 0 Å². The van der Waals surface area contributed by atoms with Gasteiger partial charge in [0.1, 0.15) is 0 Å². The van der Waals surface area contributed by atoms with Crippen LogP contribution in [0, 0.1) is 13.8 Å². The van der Waals surface area contributed by atoms with Crippen LogP contribution in [0.2, 0.25) is 0 Å². The van der Waals surface area contributed by atoms with E-state index in [1.54, 1.807) is 30.0 Å². The van der Waals surface area contributed by atoms with Crippen molar-refractivity contribution in [3.63, 3.8) is 0 Å². The van der Waals surface area contributed by atoms with Gasteiger partial charge in [0, 0.05) is 43.0 Å². The molecule has 2 aliphatic heterocycles. The van der Waals surface area contributed by atoms with Crippen molar-refractivity contribution in [1.82, 2.24) is 4.90 Å². The fourth-order valence-electron chi connectivity index (χ4n) is 4.81. The van der Waals surface area contributed by atoms with Crippen molar-refractivity contribution in [2.24, 2.45) is 0 Å². The molecule has 7 heteroatoms. The van der Waals surface area contributed by atoms with E-state index in [9.17, 15) is 19.2 Å². The van der Waals surface area contributed by atoms with E-state index in [-0.39, 0.29) is 23.2 Å². The number of carbonyl (C=O) groups is 4. The second-order valence-corrected chi connectivity index (χ2v) is 9.38. The van der Waals surface area contributed by atoms with E-state index in [1.807, 2.05) is 56.3 Å². The summed E-state index contributed by atoms with van der Waals surface area (Å²) in [7, 11) is 0. The molecule has 1 saturated heterocycles. The maximum absolute atomic E-state index is 13.3. The average molecular weight is 482 g/mol. The Labute approximate surface area is 209 Å². The average Bonchev–Trinajstić information content (AvgIpc) is 3.14. The number of hydrogen-bond acceptors (Lipinski definition) is 5. The van der Waals surface area contributed by atoms with E-state index in [2.05, 4.69) is 4.90 Å². The zero-order chi connectivity index (χ0) is 25.6. The van der Waals surface area contributed by atoms with Crippen molar-refractivity contribution in [2.45, 2.75) is 20.8 Å². The minimum absolute atomic E-state index is 0.0311. The van der Waals surface area contributed by atoms with E-state index < -0.39 is 5.91 Å². The number of Topliss-reactive ketones (excluding diaryl/α,β-unsaturated/α-hetero) is 1. The predicted molar refractivity (Wildman–Crippen MR) is 138 cm³/mol.